The molecule has 0 radical (unpaired) electrons. The second kappa shape index (κ2) is 9.05. The number of aryl methyl sites for hydroxylation is 1. The SMILES string of the molecule is COc1cc(C(=O)Nc2cc(F)ccc2C)cc(I)c1OCc1ccccc1. The number of ether oxygens (including phenoxy) is 2. The van der Waals surface area contributed by atoms with Gasteiger partial charge in [0.1, 0.15) is 12.4 Å². The van der Waals surface area contributed by atoms with Gasteiger partial charge in [0.2, 0.25) is 0 Å². The van der Waals surface area contributed by atoms with E-state index in [0.717, 1.165) is 14.7 Å². The molecule has 0 aliphatic rings. The van der Waals surface area contributed by atoms with Crippen LogP contribution < -0.4 is 14.8 Å². The Morgan fingerprint density at radius 1 is 1.11 bits per heavy atom. The van der Waals surface area contributed by atoms with Crippen molar-refractivity contribution in [1.82, 2.24) is 0 Å². The number of benzene rings is 3. The second-order valence-electron chi connectivity index (χ2n) is 6.18. The lowest BCUT2D eigenvalue weighted by Crippen LogP contribution is -2.14. The summed E-state index contributed by atoms with van der Waals surface area (Å²) >= 11 is 2.11. The van der Waals surface area contributed by atoms with Gasteiger partial charge in [-0.15, -0.1) is 0 Å². The maximum absolute atomic E-state index is 13.5. The highest BCUT2D eigenvalue weighted by molar-refractivity contribution is 14.1. The summed E-state index contributed by atoms with van der Waals surface area (Å²) in [4.78, 5) is 12.7. The Morgan fingerprint density at radius 2 is 1.86 bits per heavy atom. The molecule has 0 bridgehead atoms. The Labute approximate surface area is 176 Å². The van der Waals surface area contributed by atoms with E-state index >= 15 is 0 Å². The molecule has 3 aromatic rings. The van der Waals surface area contributed by atoms with Crippen molar-refractivity contribution in [2.45, 2.75) is 13.5 Å². The summed E-state index contributed by atoms with van der Waals surface area (Å²) in [5.74, 6) is 0.284. The first-order valence-electron chi connectivity index (χ1n) is 8.59. The summed E-state index contributed by atoms with van der Waals surface area (Å²) in [7, 11) is 1.53. The largest absolute Gasteiger partial charge is 0.493 e. The molecule has 0 saturated heterocycles. The lowest BCUT2D eigenvalue weighted by Gasteiger charge is -2.15. The molecule has 3 aromatic carbocycles. The number of methoxy groups -OCH3 is 1. The van der Waals surface area contributed by atoms with Crippen LogP contribution in [0.5, 0.6) is 11.5 Å². The van der Waals surface area contributed by atoms with Crippen LogP contribution in [0, 0.1) is 16.3 Å². The Hall–Kier alpha value is -2.61. The zero-order valence-electron chi connectivity index (χ0n) is 15.5. The van der Waals surface area contributed by atoms with Gasteiger partial charge in [0, 0.05) is 11.3 Å². The molecular formula is C22H19FINO3. The predicted octanol–water partition coefficient (Wildman–Crippen LogP) is 5.58. The molecule has 0 atom stereocenters. The average molecular weight is 491 g/mol. The lowest BCUT2D eigenvalue weighted by atomic mass is 10.1. The first kappa shape index (κ1) is 20.1. The Morgan fingerprint density at radius 3 is 2.57 bits per heavy atom. The smallest absolute Gasteiger partial charge is 0.255 e. The average Bonchev–Trinajstić information content (AvgIpc) is 2.70. The molecule has 0 heterocycles. The minimum atomic E-state index is -0.405. The van der Waals surface area contributed by atoms with Crippen LogP contribution in [0.15, 0.2) is 60.7 Å². The number of rotatable bonds is 6. The van der Waals surface area contributed by atoms with Crippen molar-refractivity contribution < 1.29 is 18.7 Å². The van der Waals surface area contributed by atoms with Gasteiger partial charge in [0.05, 0.1) is 10.7 Å². The van der Waals surface area contributed by atoms with Crippen LogP contribution in [0.1, 0.15) is 21.5 Å². The van der Waals surface area contributed by atoms with Crippen molar-refractivity contribution in [3.05, 3.63) is 86.7 Å². The molecule has 4 nitrogen and oxygen atoms in total. The number of amides is 1. The van der Waals surface area contributed by atoms with E-state index in [1.54, 1.807) is 25.1 Å². The van der Waals surface area contributed by atoms with Crippen LogP contribution in [0.2, 0.25) is 0 Å². The third-order valence-electron chi connectivity index (χ3n) is 4.17. The molecule has 0 aliphatic carbocycles. The Balaban J connectivity index is 1.82. The summed E-state index contributed by atoms with van der Waals surface area (Å²) in [5, 5.41) is 2.74. The van der Waals surface area contributed by atoms with Gasteiger partial charge in [0.25, 0.3) is 5.91 Å². The number of carbonyl (C=O) groups excluding carboxylic acids is 1. The minimum absolute atomic E-state index is 0.348. The number of hydrogen-bond acceptors (Lipinski definition) is 3. The van der Waals surface area contributed by atoms with E-state index in [0.29, 0.717) is 29.4 Å². The zero-order chi connectivity index (χ0) is 20.1. The highest BCUT2D eigenvalue weighted by Crippen LogP contribution is 2.35. The quantitative estimate of drug-likeness (QED) is 0.459. The topological polar surface area (TPSA) is 47.6 Å². The molecule has 0 spiro atoms. The first-order chi connectivity index (χ1) is 13.5. The van der Waals surface area contributed by atoms with Crippen LogP contribution in [0.3, 0.4) is 0 Å². The van der Waals surface area contributed by atoms with Crippen LogP contribution in [0.25, 0.3) is 0 Å². The van der Waals surface area contributed by atoms with Gasteiger partial charge in [-0.3, -0.25) is 4.79 Å². The van der Waals surface area contributed by atoms with Gasteiger partial charge in [-0.25, -0.2) is 4.39 Å². The van der Waals surface area contributed by atoms with Gasteiger partial charge in [-0.05, 0) is 64.9 Å². The molecule has 0 unspecified atom stereocenters. The summed E-state index contributed by atoms with van der Waals surface area (Å²) < 4.78 is 25.6. The molecule has 0 aromatic heterocycles. The molecule has 28 heavy (non-hydrogen) atoms. The van der Waals surface area contributed by atoms with Gasteiger partial charge in [-0.1, -0.05) is 36.4 Å². The fourth-order valence-corrected chi connectivity index (χ4v) is 3.40. The summed E-state index contributed by atoms with van der Waals surface area (Å²) in [6.07, 6.45) is 0. The van der Waals surface area contributed by atoms with Crippen LogP contribution in [0.4, 0.5) is 10.1 Å². The standard InChI is InChI=1S/C22H19FINO3/c1-14-8-9-17(23)12-19(14)25-22(26)16-10-18(24)21(20(11-16)27-2)28-13-15-6-4-3-5-7-15/h3-12H,13H2,1-2H3,(H,25,26). The molecular weight excluding hydrogens is 472 g/mol. The molecule has 144 valence electrons. The van der Waals surface area contributed by atoms with Crippen LogP contribution in [-0.4, -0.2) is 13.0 Å². The van der Waals surface area contributed by atoms with E-state index in [-0.39, 0.29) is 5.91 Å². The third kappa shape index (κ3) is 4.81. The predicted molar refractivity (Wildman–Crippen MR) is 116 cm³/mol. The molecule has 3 rings (SSSR count). The summed E-state index contributed by atoms with van der Waals surface area (Å²) in [5.41, 5.74) is 2.64. The lowest BCUT2D eigenvalue weighted by molar-refractivity contribution is 0.102. The maximum atomic E-state index is 13.5. The van der Waals surface area contributed by atoms with Crippen LogP contribution >= 0.6 is 22.6 Å². The van der Waals surface area contributed by atoms with Crippen molar-refractivity contribution in [2.24, 2.45) is 0 Å². The number of hydrogen-bond donors (Lipinski definition) is 1. The number of anilines is 1. The fraction of sp³-hybridized carbons (Fsp3) is 0.136. The molecule has 1 amide bonds. The minimum Gasteiger partial charge on any atom is -0.493 e. The maximum Gasteiger partial charge on any atom is 0.255 e. The summed E-state index contributed by atoms with van der Waals surface area (Å²) in [6.45, 7) is 2.20. The van der Waals surface area contributed by atoms with E-state index in [4.69, 9.17) is 9.47 Å². The third-order valence-corrected chi connectivity index (χ3v) is 4.97. The van der Waals surface area contributed by atoms with Crippen molar-refractivity contribution in [2.75, 3.05) is 12.4 Å². The molecule has 0 aliphatic heterocycles. The molecule has 6 heteroatoms. The molecule has 1 N–H and O–H groups in total. The molecule has 0 saturated carbocycles. The second-order valence-corrected chi connectivity index (χ2v) is 7.34. The Bertz CT molecular complexity index is 993. The zero-order valence-corrected chi connectivity index (χ0v) is 17.6. The number of nitrogens with one attached hydrogen (secondary N) is 1. The van der Waals surface area contributed by atoms with E-state index < -0.39 is 5.82 Å². The van der Waals surface area contributed by atoms with E-state index in [1.807, 2.05) is 30.3 Å². The van der Waals surface area contributed by atoms with Gasteiger partial charge >= 0.3 is 0 Å². The Kier molecular flexibility index (Phi) is 6.51. The summed E-state index contributed by atoms with van der Waals surface area (Å²) in [6, 6.07) is 17.4. The monoisotopic (exact) mass is 491 g/mol. The van der Waals surface area contributed by atoms with E-state index in [2.05, 4.69) is 27.9 Å². The number of carbonyl (C=O) groups is 1. The highest BCUT2D eigenvalue weighted by atomic mass is 127. The van der Waals surface area contributed by atoms with Gasteiger partial charge < -0.3 is 14.8 Å². The van der Waals surface area contributed by atoms with Crippen LogP contribution in [-0.2, 0) is 6.61 Å². The van der Waals surface area contributed by atoms with Gasteiger partial charge in [0.15, 0.2) is 11.5 Å². The van der Waals surface area contributed by atoms with Crippen molar-refractivity contribution in [1.29, 1.82) is 0 Å². The number of halogens is 2. The van der Waals surface area contributed by atoms with Crippen molar-refractivity contribution in [3.8, 4) is 11.5 Å². The van der Waals surface area contributed by atoms with Crippen molar-refractivity contribution in [3.63, 3.8) is 0 Å². The fourth-order valence-electron chi connectivity index (χ4n) is 2.64. The van der Waals surface area contributed by atoms with Gasteiger partial charge in [-0.2, -0.15) is 0 Å². The van der Waals surface area contributed by atoms with Crippen molar-refractivity contribution >= 4 is 34.2 Å². The van der Waals surface area contributed by atoms with E-state index in [9.17, 15) is 9.18 Å². The first-order valence-corrected chi connectivity index (χ1v) is 9.67. The molecule has 0 fully saturated rings. The van der Waals surface area contributed by atoms with E-state index in [1.165, 1.54) is 19.2 Å². The normalized spacial score (nSPS) is 10.4. The highest BCUT2D eigenvalue weighted by Gasteiger charge is 2.16.